The molecule has 0 fully saturated rings. The van der Waals surface area contributed by atoms with Crippen LogP contribution in [0.15, 0.2) is 42.2 Å². The monoisotopic (exact) mass is 334 g/mol. The van der Waals surface area contributed by atoms with Gasteiger partial charge in [0.15, 0.2) is 5.78 Å². The van der Waals surface area contributed by atoms with Crippen molar-refractivity contribution in [3.8, 4) is 0 Å². The SMILES string of the molecule is CCCCCC(CC(F)(F)C(F)=C(F)F)C(=O)c1ccccc1. The molecule has 0 aromatic heterocycles. The summed E-state index contributed by atoms with van der Waals surface area (Å²) in [5, 5.41) is 0. The molecule has 0 bridgehead atoms. The van der Waals surface area contributed by atoms with Crippen LogP contribution in [0.4, 0.5) is 22.0 Å². The first-order chi connectivity index (χ1) is 10.8. The highest BCUT2D eigenvalue weighted by Gasteiger charge is 2.42. The van der Waals surface area contributed by atoms with Crippen LogP contribution < -0.4 is 0 Å². The van der Waals surface area contributed by atoms with Gasteiger partial charge < -0.3 is 0 Å². The zero-order valence-electron chi connectivity index (χ0n) is 12.8. The van der Waals surface area contributed by atoms with E-state index in [2.05, 4.69) is 0 Å². The van der Waals surface area contributed by atoms with Crippen molar-refractivity contribution < 1.29 is 26.7 Å². The molecule has 0 heterocycles. The number of carbonyl (C=O) groups excluding carboxylic acids is 1. The lowest BCUT2D eigenvalue weighted by atomic mass is 9.87. The third kappa shape index (κ3) is 5.77. The van der Waals surface area contributed by atoms with Gasteiger partial charge in [-0.2, -0.15) is 22.0 Å². The maximum atomic E-state index is 13.6. The maximum absolute atomic E-state index is 13.6. The van der Waals surface area contributed by atoms with Crippen LogP contribution in [0.3, 0.4) is 0 Å². The minimum absolute atomic E-state index is 0.109. The third-order valence-corrected chi connectivity index (χ3v) is 3.58. The second-order valence-electron chi connectivity index (χ2n) is 5.41. The highest BCUT2D eigenvalue weighted by Crippen LogP contribution is 2.37. The van der Waals surface area contributed by atoms with E-state index in [9.17, 15) is 26.7 Å². The van der Waals surface area contributed by atoms with Crippen LogP contribution in [0.25, 0.3) is 0 Å². The number of allylic oxidation sites excluding steroid dienone is 1. The Hall–Kier alpha value is -1.72. The Morgan fingerprint density at radius 3 is 2.22 bits per heavy atom. The van der Waals surface area contributed by atoms with Crippen LogP contribution in [0.5, 0.6) is 0 Å². The van der Waals surface area contributed by atoms with Gasteiger partial charge in [-0.05, 0) is 6.42 Å². The molecule has 0 aliphatic heterocycles. The van der Waals surface area contributed by atoms with Crippen LogP contribution in [-0.4, -0.2) is 11.7 Å². The molecule has 0 spiro atoms. The molecule has 1 aromatic carbocycles. The molecule has 1 unspecified atom stereocenters. The van der Waals surface area contributed by atoms with Gasteiger partial charge >= 0.3 is 12.0 Å². The molecule has 0 saturated heterocycles. The number of benzene rings is 1. The number of hydrogen-bond donors (Lipinski definition) is 0. The minimum atomic E-state index is -4.35. The Bertz CT molecular complexity index is 535. The summed E-state index contributed by atoms with van der Waals surface area (Å²) in [4.78, 5) is 12.3. The zero-order valence-corrected chi connectivity index (χ0v) is 12.8. The second-order valence-corrected chi connectivity index (χ2v) is 5.41. The van der Waals surface area contributed by atoms with Crippen molar-refractivity contribution in [2.24, 2.45) is 5.92 Å². The van der Waals surface area contributed by atoms with E-state index in [0.29, 0.717) is 6.42 Å². The Morgan fingerprint density at radius 1 is 1.09 bits per heavy atom. The summed E-state index contributed by atoms with van der Waals surface area (Å²) < 4.78 is 64.6. The van der Waals surface area contributed by atoms with Crippen molar-refractivity contribution >= 4 is 5.78 Å². The predicted octanol–water partition coefficient (Wildman–Crippen LogP) is 6.17. The van der Waals surface area contributed by atoms with Crippen LogP contribution in [0.2, 0.25) is 0 Å². The smallest absolute Gasteiger partial charge is 0.294 e. The molecule has 0 aliphatic carbocycles. The van der Waals surface area contributed by atoms with E-state index in [4.69, 9.17) is 0 Å². The molecule has 0 N–H and O–H groups in total. The molecular formula is C17H19F5O. The molecule has 23 heavy (non-hydrogen) atoms. The highest BCUT2D eigenvalue weighted by molar-refractivity contribution is 5.97. The number of unbranched alkanes of at least 4 members (excludes halogenated alkanes) is 2. The average molecular weight is 334 g/mol. The molecule has 1 rings (SSSR count). The van der Waals surface area contributed by atoms with Crippen molar-refractivity contribution in [1.29, 1.82) is 0 Å². The number of halogens is 5. The Labute approximate surface area is 132 Å². The molecule has 1 atom stereocenters. The standard InChI is InChI=1S/C17H19F5O/c1-2-3-5-10-13(11-17(21,22)15(18)16(19)20)14(23)12-8-6-4-7-9-12/h4,6-9,13H,2-3,5,10-11H2,1H3. The number of rotatable bonds is 9. The summed E-state index contributed by atoms with van der Waals surface area (Å²) in [6.45, 7) is 1.91. The fourth-order valence-electron chi connectivity index (χ4n) is 2.34. The topological polar surface area (TPSA) is 17.1 Å². The summed E-state index contributed by atoms with van der Waals surface area (Å²) in [6, 6.07) is 7.76. The van der Waals surface area contributed by atoms with Gasteiger partial charge in [-0.15, -0.1) is 0 Å². The second kappa shape index (κ2) is 8.79. The predicted molar refractivity (Wildman–Crippen MR) is 78.3 cm³/mol. The number of alkyl halides is 2. The van der Waals surface area contributed by atoms with Crippen molar-refractivity contribution in [2.45, 2.75) is 45.0 Å². The van der Waals surface area contributed by atoms with Crippen molar-refractivity contribution in [1.82, 2.24) is 0 Å². The van der Waals surface area contributed by atoms with Gasteiger partial charge in [0.1, 0.15) is 0 Å². The van der Waals surface area contributed by atoms with E-state index in [1.165, 1.54) is 12.1 Å². The fourth-order valence-corrected chi connectivity index (χ4v) is 2.34. The summed E-state index contributed by atoms with van der Waals surface area (Å²) in [7, 11) is 0. The lowest BCUT2D eigenvalue weighted by Crippen LogP contribution is -2.27. The Morgan fingerprint density at radius 2 is 1.70 bits per heavy atom. The Balaban J connectivity index is 2.97. The van der Waals surface area contributed by atoms with Gasteiger partial charge in [-0.25, -0.2) is 0 Å². The van der Waals surface area contributed by atoms with E-state index in [1.54, 1.807) is 18.2 Å². The van der Waals surface area contributed by atoms with Gasteiger partial charge in [-0.3, -0.25) is 4.79 Å². The average Bonchev–Trinajstić information content (AvgIpc) is 2.53. The van der Waals surface area contributed by atoms with E-state index in [-0.39, 0.29) is 12.0 Å². The van der Waals surface area contributed by atoms with Gasteiger partial charge in [0.05, 0.1) is 0 Å². The van der Waals surface area contributed by atoms with E-state index >= 15 is 0 Å². The van der Waals surface area contributed by atoms with E-state index in [0.717, 1.165) is 12.8 Å². The van der Waals surface area contributed by atoms with Crippen molar-refractivity contribution in [3.63, 3.8) is 0 Å². The summed E-state index contributed by atoms with van der Waals surface area (Å²) in [6.07, 6.45) is -2.16. The van der Waals surface area contributed by atoms with Crippen molar-refractivity contribution in [3.05, 3.63) is 47.8 Å². The molecule has 0 aliphatic rings. The lowest BCUT2D eigenvalue weighted by molar-refractivity contribution is -0.0117. The summed E-state index contributed by atoms with van der Waals surface area (Å²) in [5.74, 6) is -8.88. The van der Waals surface area contributed by atoms with Crippen LogP contribution in [-0.2, 0) is 0 Å². The quantitative estimate of drug-likeness (QED) is 0.300. The number of ketones is 1. The Kier molecular flexibility index (Phi) is 7.39. The first-order valence-electron chi connectivity index (χ1n) is 7.48. The molecule has 0 amide bonds. The summed E-state index contributed by atoms with van der Waals surface area (Å²) in [5.41, 5.74) is 0.218. The highest BCUT2D eigenvalue weighted by atomic mass is 19.3. The van der Waals surface area contributed by atoms with Crippen LogP contribution in [0.1, 0.15) is 49.4 Å². The first-order valence-corrected chi connectivity index (χ1v) is 7.48. The van der Waals surface area contributed by atoms with Crippen molar-refractivity contribution in [2.75, 3.05) is 0 Å². The molecule has 128 valence electrons. The fraction of sp³-hybridized carbons (Fsp3) is 0.471. The van der Waals surface area contributed by atoms with Gasteiger partial charge in [-0.1, -0.05) is 56.5 Å². The van der Waals surface area contributed by atoms with E-state index in [1.807, 2.05) is 6.92 Å². The lowest BCUT2D eigenvalue weighted by Gasteiger charge is -2.21. The van der Waals surface area contributed by atoms with Crippen LogP contribution >= 0.6 is 0 Å². The number of carbonyl (C=O) groups is 1. The number of Topliss-reactive ketones (excluding diaryl/α,β-unsaturated/α-hetero) is 1. The molecule has 6 heteroatoms. The normalized spacial score (nSPS) is 12.8. The third-order valence-electron chi connectivity index (χ3n) is 3.58. The molecule has 0 radical (unpaired) electrons. The molecular weight excluding hydrogens is 315 g/mol. The molecule has 0 saturated carbocycles. The number of hydrogen-bond acceptors (Lipinski definition) is 1. The zero-order chi connectivity index (χ0) is 17.5. The largest absolute Gasteiger partial charge is 0.307 e. The van der Waals surface area contributed by atoms with Gasteiger partial charge in [0, 0.05) is 17.9 Å². The van der Waals surface area contributed by atoms with Gasteiger partial charge in [0.25, 0.3) is 0 Å². The first kappa shape index (κ1) is 19.3. The summed E-state index contributed by atoms with van der Waals surface area (Å²) >= 11 is 0. The molecule has 1 aromatic rings. The maximum Gasteiger partial charge on any atom is 0.307 e. The minimum Gasteiger partial charge on any atom is -0.294 e. The molecule has 1 nitrogen and oxygen atoms in total. The van der Waals surface area contributed by atoms with Gasteiger partial charge in [0.2, 0.25) is 5.83 Å². The van der Waals surface area contributed by atoms with Crippen LogP contribution in [0, 0.1) is 5.92 Å². The van der Waals surface area contributed by atoms with E-state index < -0.39 is 36.0 Å².